The number of anilines is 1. The number of rotatable bonds is 4. The monoisotopic (exact) mass is 288 g/mol. The normalized spacial score (nSPS) is 11.4. The van der Waals surface area contributed by atoms with Crippen molar-refractivity contribution >= 4 is 38.1 Å². The highest BCUT2D eigenvalue weighted by Gasteiger charge is 2.12. The van der Waals surface area contributed by atoms with E-state index in [1.165, 1.54) is 11.3 Å². The van der Waals surface area contributed by atoms with Crippen LogP contribution in [0.3, 0.4) is 0 Å². The summed E-state index contributed by atoms with van der Waals surface area (Å²) in [7, 11) is -3.42. The Morgan fingerprint density at radius 1 is 1.29 bits per heavy atom. The summed E-state index contributed by atoms with van der Waals surface area (Å²) in [5, 5.41) is 2.66. The molecule has 0 saturated heterocycles. The van der Waals surface area contributed by atoms with Crippen LogP contribution < -0.4 is 4.72 Å². The molecule has 0 bridgehead atoms. The summed E-state index contributed by atoms with van der Waals surface area (Å²) in [4.78, 5) is 3.86. The maximum absolute atomic E-state index is 11.8. The third kappa shape index (κ3) is 3.69. The van der Waals surface area contributed by atoms with Crippen LogP contribution in [0, 0.1) is 0 Å². The maximum Gasteiger partial charge on any atom is 0.238 e. The van der Waals surface area contributed by atoms with Gasteiger partial charge in [0.1, 0.15) is 0 Å². The van der Waals surface area contributed by atoms with Crippen LogP contribution >= 0.6 is 22.9 Å². The van der Waals surface area contributed by atoms with Crippen LogP contribution in [0.4, 0.5) is 5.13 Å². The van der Waals surface area contributed by atoms with E-state index in [2.05, 4.69) is 9.71 Å². The van der Waals surface area contributed by atoms with Gasteiger partial charge in [0.25, 0.3) is 0 Å². The predicted molar refractivity (Wildman–Crippen MR) is 69.8 cm³/mol. The van der Waals surface area contributed by atoms with Crippen molar-refractivity contribution in [2.45, 2.75) is 5.75 Å². The minimum absolute atomic E-state index is 0.0935. The van der Waals surface area contributed by atoms with Crippen molar-refractivity contribution in [3.63, 3.8) is 0 Å². The molecule has 2 aromatic rings. The van der Waals surface area contributed by atoms with Gasteiger partial charge in [0, 0.05) is 16.6 Å². The molecule has 0 aliphatic carbocycles. The van der Waals surface area contributed by atoms with E-state index in [0.717, 1.165) is 0 Å². The quantitative estimate of drug-likeness (QED) is 0.941. The number of hydrogen-bond acceptors (Lipinski definition) is 4. The van der Waals surface area contributed by atoms with Crippen LogP contribution in [-0.2, 0) is 15.8 Å². The summed E-state index contributed by atoms with van der Waals surface area (Å²) in [5.74, 6) is -0.0935. The molecule has 0 spiro atoms. The Balaban J connectivity index is 2.09. The summed E-state index contributed by atoms with van der Waals surface area (Å²) < 4.78 is 26.0. The lowest BCUT2D eigenvalue weighted by Crippen LogP contribution is -2.14. The van der Waals surface area contributed by atoms with Gasteiger partial charge in [-0.05, 0) is 17.7 Å². The minimum Gasteiger partial charge on any atom is -0.258 e. The molecule has 0 aliphatic rings. The number of benzene rings is 1. The van der Waals surface area contributed by atoms with Gasteiger partial charge in [-0.2, -0.15) is 0 Å². The van der Waals surface area contributed by atoms with Gasteiger partial charge in [0.15, 0.2) is 5.13 Å². The highest BCUT2D eigenvalue weighted by Crippen LogP contribution is 2.16. The lowest BCUT2D eigenvalue weighted by molar-refractivity contribution is 0.600. The van der Waals surface area contributed by atoms with Crippen LogP contribution in [0.15, 0.2) is 35.8 Å². The average Bonchev–Trinajstić information content (AvgIpc) is 2.73. The zero-order valence-corrected chi connectivity index (χ0v) is 11.0. The topological polar surface area (TPSA) is 59.1 Å². The van der Waals surface area contributed by atoms with E-state index in [9.17, 15) is 8.42 Å². The second-order valence-corrected chi connectivity index (χ2v) is 6.38. The highest BCUT2D eigenvalue weighted by atomic mass is 35.5. The van der Waals surface area contributed by atoms with Crippen molar-refractivity contribution in [3.8, 4) is 0 Å². The average molecular weight is 289 g/mol. The molecule has 7 heteroatoms. The highest BCUT2D eigenvalue weighted by molar-refractivity contribution is 7.92. The number of aromatic nitrogens is 1. The van der Waals surface area contributed by atoms with E-state index in [4.69, 9.17) is 11.6 Å². The van der Waals surface area contributed by atoms with E-state index >= 15 is 0 Å². The van der Waals surface area contributed by atoms with E-state index in [1.807, 2.05) is 0 Å². The molecule has 2 rings (SSSR count). The van der Waals surface area contributed by atoms with Crippen molar-refractivity contribution in [2.75, 3.05) is 4.72 Å². The molecule has 0 fully saturated rings. The first-order chi connectivity index (χ1) is 8.05. The Morgan fingerprint density at radius 2 is 2.00 bits per heavy atom. The molecule has 0 saturated carbocycles. The van der Waals surface area contributed by atoms with E-state index in [-0.39, 0.29) is 5.75 Å². The van der Waals surface area contributed by atoms with Crippen molar-refractivity contribution < 1.29 is 8.42 Å². The van der Waals surface area contributed by atoms with Crippen LogP contribution in [-0.4, -0.2) is 13.4 Å². The first-order valence-corrected chi connectivity index (χ1v) is 7.60. The van der Waals surface area contributed by atoms with Crippen LogP contribution in [0.25, 0.3) is 0 Å². The van der Waals surface area contributed by atoms with Crippen molar-refractivity contribution in [2.24, 2.45) is 0 Å². The first-order valence-electron chi connectivity index (χ1n) is 4.70. The number of hydrogen-bond donors (Lipinski definition) is 1. The fourth-order valence-electron chi connectivity index (χ4n) is 1.24. The summed E-state index contributed by atoms with van der Waals surface area (Å²) >= 11 is 6.96. The Labute approximate surface area is 108 Å². The van der Waals surface area contributed by atoms with Crippen molar-refractivity contribution in [1.29, 1.82) is 0 Å². The van der Waals surface area contributed by atoms with Gasteiger partial charge in [0.2, 0.25) is 10.0 Å². The SMILES string of the molecule is O=S(=O)(Cc1ccc(Cl)cc1)Nc1nccs1. The van der Waals surface area contributed by atoms with Gasteiger partial charge in [-0.15, -0.1) is 11.3 Å². The Morgan fingerprint density at radius 3 is 2.59 bits per heavy atom. The second-order valence-electron chi connectivity index (χ2n) is 3.32. The van der Waals surface area contributed by atoms with Crippen LogP contribution in [0.2, 0.25) is 5.02 Å². The van der Waals surface area contributed by atoms with Crippen LogP contribution in [0.1, 0.15) is 5.56 Å². The van der Waals surface area contributed by atoms with Gasteiger partial charge in [0.05, 0.1) is 5.75 Å². The molecule has 1 N–H and O–H groups in total. The molecule has 0 aliphatic heterocycles. The van der Waals surface area contributed by atoms with E-state index in [0.29, 0.717) is 15.7 Å². The zero-order chi connectivity index (χ0) is 12.3. The summed E-state index contributed by atoms with van der Waals surface area (Å²) in [6.45, 7) is 0. The van der Waals surface area contributed by atoms with Gasteiger partial charge in [-0.1, -0.05) is 23.7 Å². The molecule has 0 unspecified atom stereocenters. The molecule has 17 heavy (non-hydrogen) atoms. The standard InChI is InChI=1S/C10H9ClN2O2S2/c11-9-3-1-8(2-4-9)7-17(14,15)13-10-12-5-6-16-10/h1-6H,7H2,(H,12,13). The first kappa shape index (κ1) is 12.3. The molecule has 1 heterocycles. The van der Waals surface area contributed by atoms with E-state index < -0.39 is 10.0 Å². The van der Waals surface area contributed by atoms with Gasteiger partial charge in [-0.25, -0.2) is 13.4 Å². The number of sulfonamides is 1. The Hall–Kier alpha value is -1.11. The van der Waals surface area contributed by atoms with Gasteiger partial charge < -0.3 is 0 Å². The third-order valence-electron chi connectivity index (χ3n) is 1.95. The zero-order valence-electron chi connectivity index (χ0n) is 8.63. The minimum atomic E-state index is -3.42. The van der Waals surface area contributed by atoms with Crippen molar-refractivity contribution in [3.05, 3.63) is 46.4 Å². The number of nitrogens with zero attached hydrogens (tertiary/aromatic N) is 1. The van der Waals surface area contributed by atoms with Crippen LogP contribution in [0.5, 0.6) is 0 Å². The number of halogens is 1. The number of thiazole rings is 1. The molecule has 0 atom stereocenters. The molecule has 0 radical (unpaired) electrons. The maximum atomic E-state index is 11.8. The predicted octanol–water partition coefficient (Wildman–Crippen LogP) is 2.74. The molecule has 90 valence electrons. The summed E-state index contributed by atoms with van der Waals surface area (Å²) in [5.41, 5.74) is 0.679. The third-order valence-corrected chi connectivity index (χ3v) is 4.23. The van der Waals surface area contributed by atoms with Gasteiger partial charge >= 0.3 is 0 Å². The lowest BCUT2D eigenvalue weighted by Gasteiger charge is -2.05. The molecular weight excluding hydrogens is 280 g/mol. The summed E-state index contributed by atoms with van der Waals surface area (Å²) in [6, 6.07) is 6.69. The smallest absolute Gasteiger partial charge is 0.238 e. The molecule has 4 nitrogen and oxygen atoms in total. The fourth-order valence-corrected chi connectivity index (χ4v) is 3.34. The Kier molecular flexibility index (Phi) is 3.66. The lowest BCUT2D eigenvalue weighted by atomic mass is 10.2. The largest absolute Gasteiger partial charge is 0.258 e. The van der Waals surface area contributed by atoms with E-state index in [1.54, 1.807) is 35.8 Å². The molecular formula is C10H9ClN2O2S2. The van der Waals surface area contributed by atoms with Gasteiger partial charge in [-0.3, -0.25) is 4.72 Å². The molecule has 1 aromatic carbocycles. The molecule has 1 aromatic heterocycles. The molecule has 0 amide bonds. The second kappa shape index (κ2) is 5.03. The Bertz CT molecular complexity index is 579. The number of nitrogens with one attached hydrogen (secondary N) is 1. The van der Waals surface area contributed by atoms with Crippen molar-refractivity contribution in [1.82, 2.24) is 4.98 Å². The fraction of sp³-hybridized carbons (Fsp3) is 0.100. The summed E-state index contributed by atoms with van der Waals surface area (Å²) in [6.07, 6.45) is 1.55.